The van der Waals surface area contributed by atoms with Gasteiger partial charge in [-0.1, -0.05) is 19.1 Å². The lowest BCUT2D eigenvalue weighted by atomic mass is 10.2. The van der Waals surface area contributed by atoms with Gasteiger partial charge >= 0.3 is 0 Å². The molecule has 2 aromatic rings. The van der Waals surface area contributed by atoms with Crippen LogP contribution in [0.3, 0.4) is 0 Å². The molecule has 2 amide bonds. The highest BCUT2D eigenvalue weighted by Gasteiger charge is 2.21. The Morgan fingerprint density at radius 1 is 1.31 bits per heavy atom. The molecule has 1 unspecified atom stereocenters. The Balaban J connectivity index is 1.62. The third-order valence-electron chi connectivity index (χ3n) is 4.64. The molecule has 1 N–H and O–H groups in total. The number of amides is 2. The third kappa shape index (κ3) is 4.02. The summed E-state index contributed by atoms with van der Waals surface area (Å²) in [5.74, 6) is 0.663. The molecule has 1 atom stereocenters. The molecule has 0 saturated carbocycles. The first-order valence-electron chi connectivity index (χ1n) is 9.01. The van der Waals surface area contributed by atoms with Crippen LogP contribution in [0, 0.1) is 0 Å². The molecule has 1 aliphatic heterocycles. The highest BCUT2D eigenvalue weighted by molar-refractivity contribution is 6.01. The van der Waals surface area contributed by atoms with Gasteiger partial charge in [-0.25, -0.2) is 4.68 Å². The average molecular weight is 352 g/mol. The average Bonchev–Trinajstić information content (AvgIpc) is 3.28. The fraction of sp³-hybridized carbons (Fsp3) is 0.350. The number of benzene rings is 1. The number of hydrogen-bond donors (Lipinski definition) is 1. The molecule has 26 heavy (non-hydrogen) atoms. The highest BCUT2D eigenvalue weighted by Crippen LogP contribution is 2.22. The number of hydrogen-bond acceptors (Lipinski definition) is 3. The maximum absolute atomic E-state index is 12.2. The Labute approximate surface area is 153 Å². The molecular formula is C20H24N4O2. The molecule has 1 aliphatic rings. The van der Waals surface area contributed by atoms with E-state index in [0.717, 1.165) is 30.6 Å². The van der Waals surface area contributed by atoms with E-state index in [0.29, 0.717) is 12.2 Å². The number of aromatic nitrogens is 2. The second kappa shape index (κ2) is 7.99. The first-order chi connectivity index (χ1) is 12.6. The van der Waals surface area contributed by atoms with Crippen molar-refractivity contribution >= 4 is 29.4 Å². The lowest BCUT2D eigenvalue weighted by Gasteiger charge is -2.15. The lowest BCUT2D eigenvalue weighted by molar-refractivity contribution is -0.117. The number of carbonyl (C=O) groups excluding carboxylic acids is 2. The fourth-order valence-corrected chi connectivity index (χ4v) is 2.96. The number of carbonyl (C=O) groups is 2. The van der Waals surface area contributed by atoms with E-state index in [2.05, 4.69) is 24.3 Å². The molecule has 0 spiro atoms. The molecule has 1 fully saturated rings. The Morgan fingerprint density at radius 2 is 2.08 bits per heavy atom. The predicted molar refractivity (Wildman–Crippen MR) is 103 cm³/mol. The number of anilines is 2. The van der Waals surface area contributed by atoms with Crippen molar-refractivity contribution in [3.05, 3.63) is 48.2 Å². The Morgan fingerprint density at radius 3 is 2.73 bits per heavy atom. The number of rotatable bonds is 6. The van der Waals surface area contributed by atoms with Crippen molar-refractivity contribution in [1.29, 1.82) is 0 Å². The van der Waals surface area contributed by atoms with E-state index in [1.165, 1.54) is 6.08 Å². The summed E-state index contributed by atoms with van der Waals surface area (Å²) in [6.07, 6.45) is 7.41. The first-order valence-corrected chi connectivity index (χ1v) is 9.01. The summed E-state index contributed by atoms with van der Waals surface area (Å²) in [4.78, 5) is 25.8. The van der Waals surface area contributed by atoms with Crippen molar-refractivity contribution in [2.75, 3.05) is 16.8 Å². The van der Waals surface area contributed by atoms with Gasteiger partial charge in [0.2, 0.25) is 11.8 Å². The molecule has 136 valence electrons. The molecule has 6 nitrogen and oxygen atoms in total. The van der Waals surface area contributed by atoms with Gasteiger partial charge in [0.05, 0.1) is 12.2 Å². The van der Waals surface area contributed by atoms with Crippen LogP contribution in [0.4, 0.5) is 11.5 Å². The maximum Gasteiger partial charge on any atom is 0.249 e. The molecule has 0 bridgehead atoms. The van der Waals surface area contributed by atoms with Crippen LogP contribution in [0.1, 0.15) is 44.7 Å². The van der Waals surface area contributed by atoms with Gasteiger partial charge in [0, 0.05) is 30.8 Å². The van der Waals surface area contributed by atoms with E-state index >= 15 is 0 Å². The Kier molecular flexibility index (Phi) is 5.51. The second-order valence-electron chi connectivity index (χ2n) is 6.48. The summed E-state index contributed by atoms with van der Waals surface area (Å²) in [6.45, 7) is 4.92. The van der Waals surface area contributed by atoms with Gasteiger partial charge in [-0.2, -0.15) is 5.10 Å². The van der Waals surface area contributed by atoms with Crippen LogP contribution in [0.15, 0.2) is 42.6 Å². The van der Waals surface area contributed by atoms with Gasteiger partial charge in [0.25, 0.3) is 0 Å². The molecule has 1 aromatic heterocycles. The first kappa shape index (κ1) is 17.9. The zero-order chi connectivity index (χ0) is 18.5. The van der Waals surface area contributed by atoms with Gasteiger partial charge in [0.1, 0.15) is 5.82 Å². The second-order valence-corrected chi connectivity index (χ2v) is 6.48. The Hall–Kier alpha value is -2.89. The van der Waals surface area contributed by atoms with Crippen LogP contribution in [-0.4, -0.2) is 28.1 Å². The van der Waals surface area contributed by atoms with Crippen molar-refractivity contribution in [2.45, 2.75) is 39.2 Å². The van der Waals surface area contributed by atoms with Gasteiger partial charge < -0.3 is 10.2 Å². The summed E-state index contributed by atoms with van der Waals surface area (Å²) >= 11 is 0. The summed E-state index contributed by atoms with van der Waals surface area (Å²) in [5.41, 5.74) is 1.82. The largest absolute Gasteiger partial charge is 0.312 e. The topological polar surface area (TPSA) is 67.2 Å². The van der Waals surface area contributed by atoms with Gasteiger partial charge in [-0.3, -0.25) is 9.59 Å². The van der Waals surface area contributed by atoms with Crippen molar-refractivity contribution in [1.82, 2.24) is 9.78 Å². The number of nitrogens with zero attached hydrogens (tertiary/aromatic N) is 3. The minimum atomic E-state index is -0.200. The smallest absolute Gasteiger partial charge is 0.249 e. The molecule has 0 aliphatic carbocycles. The molecular weight excluding hydrogens is 328 g/mol. The zero-order valence-electron chi connectivity index (χ0n) is 15.2. The van der Waals surface area contributed by atoms with E-state index in [1.807, 2.05) is 28.9 Å². The quantitative estimate of drug-likeness (QED) is 0.807. The van der Waals surface area contributed by atoms with Crippen LogP contribution in [0.5, 0.6) is 0 Å². The standard InChI is InChI=1S/C20H24N4O2/c1-3-15(2)24-18(12-13-21-24)22-19(25)11-8-16-6-9-17(10-7-16)23-14-4-5-20(23)26/h6-13,15H,3-5,14H2,1-2H3,(H,22,25)/b11-8+. The van der Waals surface area contributed by atoms with Crippen molar-refractivity contribution in [3.63, 3.8) is 0 Å². The van der Waals surface area contributed by atoms with Crippen molar-refractivity contribution in [2.24, 2.45) is 0 Å². The van der Waals surface area contributed by atoms with Crippen LogP contribution in [-0.2, 0) is 9.59 Å². The van der Waals surface area contributed by atoms with Crippen LogP contribution in [0.2, 0.25) is 0 Å². The normalized spacial score (nSPS) is 15.6. The summed E-state index contributed by atoms with van der Waals surface area (Å²) in [7, 11) is 0. The summed E-state index contributed by atoms with van der Waals surface area (Å²) in [6, 6.07) is 9.67. The molecule has 1 aromatic carbocycles. The van der Waals surface area contributed by atoms with Gasteiger partial charge in [-0.15, -0.1) is 0 Å². The predicted octanol–water partition coefficient (Wildman–Crippen LogP) is 3.63. The fourth-order valence-electron chi connectivity index (χ4n) is 2.96. The highest BCUT2D eigenvalue weighted by atomic mass is 16.2. The van der Waals surface area contributed by atoms with E-state index in [1.54, 1.807) is 23.2 Å². The van der Waals surface area contributed by atoms with Crippen molar-refractivity contribution in [3.8, 4) is 0 Å². The third-order valence-corrected chi connectivity index (χ3v) is 4.64. The van der Waals surface area contributed by atoms with Crippen molar-refractivity contribution < 1.29 is 9.59 Å². The summed E-state index contributed by atoms with van der Waals surface area (Å²) in [5, 5.41) is 7.12. The van der Waals surface area contributed by atoms with Crippen LogP contribution < -0.4 is 10.2 Å². The van der Waals surface area contributed by atoms with Crippen LogP contribution in [0.25, 0.3) is 6.08 Å². The van der Waals surface area contributed by atoms with E-state index < -0.39 is 0 Å². The Bertz CT molecular complexity index is 807. The molecule has 0 radical (unpaired) electrons. The minimum absolute atomic E-state index is 0.172. The van der Waals surface area contributed by atoms with E-state index in [4.69, 9.17) is 0 Å². The monoisotopic (exact) mass is 352 g/mol. The molecule has 6 heteroatoms. The molecule has 3 rings (SSSR count). The SMILES string of the molecule is CCC(C)n1nccc1NC(=O)/C=C/c1ccc(N2CCCC2=O)cc1. The summed E-state index contributed by atoms with van der Waals surface area (Å²) < 4.78 is 1.81. The zero-order valence-corrected chi connectivity index (χ0v) is 15.2. The van der Waals surface area contributed by atoms with E-state index in [-0.39, 0.29) is 17.9 Å². The lowest BCUT2D eigenvalue weighted by Crippen LogP contribution is -2.23. The maximum atomic E-state index is 12.2. The molecule has 2 heterocycles. The van der Waals surface area contributed by atoms with Crippen LogP contribution >= 0.6 is 0 Å². The van der Waals surface area contributed by atoms with Gasteiger partial charge in [-0.05, 0) is 43.5 Å². The van der Waals surface area contributed by atoms with E-state index in [9.17, 15) is 9.59 Å². The van der Waals surface area contributed by atoms with Gasteiger partial charge in [0.15, 0.2) is 0 Å². The minimum Gasteiger partial charge on any atom is -0.312 e. The number of nitrogens with one attached hydrogen (secondary N) is 1. The molecule has 1 saturated heterocycles.